The fourth-order valence-corrected chi connectivity index (χ4v) is 4.19. The number of hydrogen-bond acceptors (Lipinski definition) is 3. The summed E-state index contributed by atoms with van der Waals surface area (Å²) in [4.78, 5) is 6.81. The molecule has 2 aliphatic heterocycles. The van der Waals surface area contributed by atoms with Crippen molar-refractivity contribution in [1.29, 1.82) is 0 Å². The van der Waals surface area contributed by atoms with Crippen molar-refractivity contribution in [3.63, 3.8) is 0 Å². The molecule has 2 fully saturated rings. The molecule has 0 saturated carbocycles. The van der Waals surface area contributed by atoms with Gasteiger partial charge in [-0.2, -0.15) is 0 Å². The number of rotatable bonds is 1. The Morgan fingerprint density at radius 1 is 1.25 bits per heavy atom. The van der Waals surface area contributed by atoms with Crippen LogP contribution in [-0.4, -0.2) is 38.5 Å². The third-order valence-corrected chi connectivity index (χ3v) is 5.28. The van der Waals surface area contributed by atoms with Crippen molar-refractivity contribution in [1.82, 2.24) is 14.3 Å². The van der Waals surface area contributed by atoms with Gasteiger partial charge < -0.3 is 14.4 Å². The van der Waals surface area contributed by atoms with Crippen LogP contribution in [0.15, 0.2) is 30.6 Å². The molecule has 0 radical (unpaired) electrons. The molecule has 2 aromatic rings. The highest BCUT2D eigenvalue weighted by molar-refractivity contribution is 5.41. The van der Waals surface area contributed by atoms with Crippen LogP contribution in [-0.2, 0) is 5.60 Å². The Hall–Kier alpha value is -1.39. The molecule has 1 N–H and O–H groups in total. The second kappa shape index (κ2) is 4.30. The first kappa shape index (κ1) is 12.4. The van der Waals surface area contributed by atoms with Crippen LogP contribution < -0.4 is 0 Å². The van der Waals surface area contributed by atoms with E-state index in [1.807, 2.05) is 22.7 Å². The Balaban J connectivity index is 1.79. The minimum absolute atomic E-state index is 0.506. The van der Waals surface area contributed by atoms with Crippen LogP contribution >= 0.6 is 0 Å². The molecule has 0 amide bonds. The predicted molar refractivity (Wildman–Crippen MR) is 77.5 cm³/mol. The van der Waals surface area contributed by atoms with E-state index in [1.54, 1.807) is 6.20 Å². The second-order valence-electron chi connectivity index (χ2n) is 6.41. The van der Waals surface area contributed by atoms with E-state index in [2.05, 4.69) is 23.0 Å². The summed E-state index contributed by atoms with van der Waals surface area (Å²) in [5.74, 6) is 0. The number of imidazole rings is 1. The maximum Gasteiger partial charge on any atom is 0.136 e. The molecule has 106 valence electrons. The first-order valence-electron chi connectivity index (χ1n) is 7.54. The molecule has 0 aromatic carbocycles. The summed E-state index contributed by atoms with van der Waals surface area (Å²) in [6.45, 7) is 0. The first-order chi connectivity index (χ1) is 9.67. The highest BCUT2D eigenvalue weighted by atomic mass is 16.3. The summed E-state index contributed by atoms with van der Waals surface area (Å²) in [5, 5.41) is 11.3. The third-order valence-electron chi connectivity index (χ3n) is 5.28. The van der Waals surface area contributed by atoms with Crippen LogP contribution in [0.4, 0.5) is 0 Å². The Bertz CT molecular complexity index is 621. The van der Waals surface area contributed by atoms with Gasteiger partial charge in [0.25, 0.3) is 0 Å². The molecule has 2 bridgehead atoms. The minimum Gasteiger partial charge on any atom is -0.383 e. The lowest BCUT2D eigenvalue weighted by Gasteiger charge is -2.50. The number of fused-ring (bicyclic) bond motifs is 3. The lowest BCUT2D eigenvalue weighted by Crippen LogP contribution is -2.55. The molecule has 4 heterocycles. The van der Waals surface area contributed by atoms with Crippen molar-refractivity contribution in [3.8, 4) is 0 Å². The van der Waals surface area contributed by atoms with E-state index < -0.39 is 5.60 Å². The molecule has 2 aliphatic rings. The standard InChI is InChI=1S/C16H21N3O/c1-18-12-4-2-5-13(18)11-16(20,10-12)14-6-3-7-15-17-8-9-19(14)15/h3,6-9,12-13,20H,2,4-5,10-11H2,1H3. The molecule has 4 rings (SSSR count). The maximum absolute atomic E-state index is 11.3. The van der Waals surface area contributed by atoms with Crippen molar-refractivity contribution >= 4 is 5.65 Å². The van der Waals surface area contributed by atoms with Gasteiger partial charge in [0.1, 0.15) is 11.2 Å². The van der Waals surface area contributed by atoms with Crippen LogP contribution in [0, 0.1) is 0 Å². The molecule has 2 unspecified atom stereocenters. The fourth-order valence-electron chi connectivity index (χ4n) is 4.19. The van der Waals surface area contributed by atoms with Gasteiger partial charge in [0.05, 0.1) is 5.69 Å². The highest BCUT2D eigenvalue weighted by Crippen LogP contribution is 2.43. The molecule has 0 spiro atoms. The van der Waals surface area contributed by atoms with Crippen molar-refractivity contribution in [2.75, 3.05) is 7.05 Å². The Morgan fingerprint density at radius 2 is 2.00 bits per heavy atom. The van der Waals surface area contributed by atoms with Crippen LogP contribution in [0.2, 0.25) is 0 Å². The highest BCUT2D eigenvalue weighted by Gasteiger charge is 2.45. The largest absolute Gasteiger partial charge is 0.383 e. The van der Waals surface area contributed by atoms with E-state index in [0.29, 0.717) is 12.1 Å². The summed E-state index contributed by atoms with van der Waals surface area (Å²) >= 11 is 0. The maximum atomic E-state index is 11.3. The Labute approximate surface area is 119 Å². The number of nitrogens with zero attached hydrogens (tertiary/aromatic N) is 3. The van der Waals surface area contributed by atoms with Gasteiger partial charge in [-0.15, -0.1) is 0 Å². The zero-order chi connectivity index (χ0) is 13.7. The van der Waals surface area contributed by atoms with Gasteiger partial charge in [-0.25, -0.2) is 4.98 Å². The van der Waals surface area contributed by atoms with Gasteiger partial charge in [0.2, 0.25) is 0 Å². The molecular formula is C16H21N3O. The Kier molecular flexibility index (Phi) is 2.66. The summed E-state index contributed by atoms with van der Waals surface area (Å²) < 4.78 is 2.04. The minimum atomic E-state index is -0.720. The average Bonchev–Trinajstić information content (AvgIpc) is 2.89. The van der Waals surface area contributed by atoms with Crippen LogP contribution in [0.5, 0.6) is 0 Å². The smallest absolute Gasteiger partial charge is 0.136 e. The van der Waals surface area contributed by atoms with E-state index >= 15 is 0 Å². The predicted octanol–water partition coefficient (Wildman–Crippen LogP) is 2.17. The second-order valence-corrected chi connectivity index (χ2v) is 6.41. The van der Waals surface area contributed by atoms with Gasteiger partial charge in [-0.3, -0.25) is 0 Å². The molecule has 0 aliphatic carbocycles. The topological polar surface area (TPSA) is 40.8 Å². The molecule has 2 atom stereocenters. The zero-order valence-corrected chi connectivity index (χ0v) is 11.9. The van der Waals surface area contributed by atoms with Crippen LogP contribution in [0.25, 0.3) is 5.65 Å². The third kappa shape index (κ3) is 1.71. The van der Waals surface area contributed by atoms with Crippen molar-refractivity contribution in [3.05, 3.63) is 36.3 Å². The van der Waals surface area contributed by atoms with Crippen LogP contribution in [0.3, 0.4) is 0 Å². The van der Waals surface area contributed by atoms with E-state index in [0.717, 1.165) is 24.2 Å². The van der Waals surface area contributed by atoms with E-state index in [1.165, 1.54) is 19.3 Å². The van der Waals surface area contributed by atoms with Gasteiger partial charge in [0, 0.05) is 24.5 Å². The summed E-state index contributed by atoms with van der Waals surface area (Å²) in [7, 11) is 2.21. The zero-order valence-electron chi connectivity index (χ0n) is 11.9. The molecule has 20 heavy (non-hydrogen) atoms. The fraction of sp³-hybridized carbons (Fsp3) is 0.562. The molecule has 2 aromatic heterocycles. The van der Waals surface area contributed by atoms with E-state index in [4.69, 9.17) is 0 Å². The normalized spacial score (nSPS) is 34.5. The average molecular weight is 271 g/mol. The molecule has 4 heteroatoms. The number of aromatic nitrogens is 2. The van der Waals surface area contributed by atoms with E-state index in [-0.39, 0.29) is 0 Å². The first-order valence-corrected chi connectivity index (χ1v) is 7.54. The number of hydrogen-bond donors (Lipinski definition) is 1. The summed E-state index contributed by atoms with van der Waals surface area (Å²) in [6.07, 6.45) is 9.12. The monoisotopic (exact) mass is 271 g/mol. The lowest BCUT2D eigenvalue weighted by molar-refractivity contribution is -0.0904. The Morgan fingerprint density at radius 3 is 2.75 bits per heavy atom. The number of piperidine rings is 2. The number of aliphatic hydroxyl groups is 1. The molecular weight excluding hydrogens is 250 g/mol. The van der Waals surface area contributed by atoms with Crippen LogP contribution in [0.1, 0.15) is 37.8 Å². The summed E-state index contributed by atoms with van der Waals surface area (Å²) in [6, 6.07) is 7.06. The SMILES string of the molecule is CN1C2CCCC1CC(O)(c1cccc3nccn13)C2. The van der Waals surface area contributed by atoms with Crippen molar-refractivity contribution in [2.24, 2.45) is 0 Å². The number of pyridine rings is 1. The van der Waals surface area contributed by atoms with E-state index in [9.17, 15) is 5.11 Å². The van der Waals surface area contributed by atoms with Crippen molar-refractivity contribution < 1.29 is 5.11 Å². The summed E-state index contributed by atoms with van der Waals surface area (Å²) in [5.41, 5.74) is 1.19. The molecule has 4 nitrogen and oxygen atoms in total. The van der Waals surface area contributed by atoms with Gasteiger partial charge >= 0.3 is 0 Å². The van der Waals surface area contributed by atoms with Crippen molar-refractivity contribution in [2.45, 2.75) is 49.8 Å². The quantitative estimate of drug-likeness (QED) is 0.864. The van der Waals surface area contributed by atoms with Gasteiger partial charge in [0.15, 0.2) is 0 Å². The molecule has 2 saturated heterocycles. The lowest BCUT2D eigenvalue weighted by atomic mass is 9.74. The van der Waals surface area contributed by atoms with Gasteiger partial charge in [-0.05, 0) is 44.9 Å². The van der Waals surface area contributed by atoms with Gasteiger partial charge in [-0.1, -0.05) is 12.5 Å².